The average Bonchev–Trinajstić information content (AvgIpc) is 2.56. The second kappa shape index (κ2) is 7.71. The van der Waals surface area contributed by atoms with Crippen molar-refractivity contribution in [2.75, 3.05) is 6.54 Å². The number of nitrogens with one attached hydrogen (secondary N) is 1. The maximum atomic E-state index is 10.8. The van der Waals surface area contributed by atoms with Gasteiger partial charge in [-0.15, -0.1) is 0 Å². The Labute approximate surface area is 134 Å². The number of phenolic OH excluding ortho intramolecular Hbond substituents is 1. The Bertz CT molecular complexity index is 675. The second-order valence-corrected chi connectivity index (χ2v) is 5.30. The average molecular weight is 316 g/mol. The predicted octanol–water partition coefficient (Wildman–Crippen LogP) is 3.07. The summed E-state index contributed by atoms with van der Waals surface area (Å²) in [4.78, 5) is 10.3. The number of non-ortho nitro benzene ring substituents is 1. The van der Waals surface area contributed by atoms with E-state index in [1.165, 1.54) is 12.1 Å². The molecular formula is C17H20N2O4. The molecule has 0 aromatic heterocycles. The fourth-order valence-corrected chi connectivity index (χ4v) is 2.47. The molecule has 2 atom stereocenters. The fraction of sp³-hybridized carbons (Fsp3) is 0.294. The van der Waals surface area contributed by atoms with E-state index in [1.807, 2.05) is 19.1 Å². The van der Waals surface area contributed by atoms with Crippen LogP contribution in [0, 0.1) is 10.1 Å². The molecule has 0 aliphatic carbocycles. The molecule has 0 radical (unpaired) electrons. The predicted molar refractivity (Wildman–Crippen MR) is 87.2 cm³/mol. The van der Waals surface area contributed by atoms with Crippen LogP contribution in [0.1, 0.15) is 36.6 Å². The van der Waals surface area contributed by atoms with Crippen LogP contribution in [0.2, 0.25) is 0 Å². The molecule has 2 aromatic carbocycles. The van der Waals surface area contributed by atoms with Crippen LogP contribution < -0.4 is 5.32 Å². The van der Waals surface area contributed by atoms with E-state index in [9.17, 15) is 20.3 Å². The Morgan fingerprint density at radius 2 is 1.96 bits per heavy atom. The first kappa shape index (κ1) is 16.9. The third-order valence-corrected chi connectivity index (χ3v) is 3.74. The van der Waals surface area contributed by atoms with Gasteiger partial charge in [0.05, 0.1) is 11.0 Å². The van der Waals surface area contributed by atoms with Crippen LogP contribution in [0.5, 0.6) is 5.75 Å². The Morgan fingerprint density at radius 3 is 2.61 bits per heavy atom. The summed E-state index contributed by atoms with van der Waals surface area (Å²) in [5.41, 5.74) is 1.20. The number of hydrogen-bond donors (Lipinski definition) is 3. The van der Waals surface area contributed by atoms with Gasteiger partial charge >= 0.3 is 0 Å². The zero-order valence-electron chi connectivity index (χ0n) is 12.8. The largest absolute Gasteiger partial charge is 0.508 e. The van der Waals surface area contributed by atoms with Crippen molar-refractivity contribution in [1.29, 1.82) is 0 Å². The van der Waals surface area contributed by atoms with Crippen LogP contribution >= 0.6 is 0 Å². The number of nitrogens with zero attached hydrogens (tertiary/aromatic N) is 1. The topological polar surface area (TPSA) is 95.6 Å². The summed E-state index contributed by atoms with van der Waals surface area (Å²) in [6.45, 7) is 2.21. The molecule has 0 saturated carbocycles. The van der Waals surface area contributed by atoms with E-state index >= 15 is 0 Å². The van der Waals surface area contributed by atoms with Crippen LogP contribution in [0.3, 0.4) is 0 Å². The molecule has 6 heteroatoms. The van der Waals surface area contributed by atoms with E-state index in [0.717, 1.165) is 12.0 Å². The minimum Gasteiger partial charge on any atom is -0.508 e. The molecule has 2 unspecified atom stereocenters. The number of rotatable bonds is 7. The number of nitro groups is 1. The molecule has 2 rings (SSSR count). The van der Waals surface area contributed by atoms with Crippen molar-refractivity contribution in [2.24, 2.45) is 0 Å². The van der Waals surface area contributed by atoms with Gasteiger partial charge in [0.15, 0.2) is 0 Å². The van der Waals surface area contributed by atoms with Gasteiger partial charge in [0.1, 0.15) is 5.75 Å². The Kier molecular flexibility index (Phi) is 5.67. The lowest BCUT2D eigenvalue weighted by molar-refractivity contribution is -0.385. The highest BCUT2D eigenvalue weighted by Gasteiger charge is 2.16. The number of nitro benzene ring substituents is 1. The third kappa shape index (κ3) is 4.28. The van der Waals surface area contributed by atoms with Gasteiger partial charge in [-0.2, -0.15) is 0 Å². The monoisotopic (exact) mass is 316 g/mol. The molecular weight excluding hydrogens is 296 g/mol. The van der Waals surface area contributed by atoms with E-state index in [0.29, 0.717) is 5.56 Å². The first-order chi connectivity index (χ1) is 11.0. The standard InChI is InChI=1S/C17H20N2O4/c1-2-15(14-8-3-4-9-16(14)20)18-11-17(21)12-6-5-7-13(10-12)19(22)23/h3-10,15,17-18,20-21H,2,11H2,1H3. The summed E-state index contributed by atoms with van der Waals surface area (Å²) >= 11 is 0. The number of phenols is 1. The summed E-state index contributed by atoms with van der Waals surface area (Å²) in [7, 11) is 0. The van der Waals surface area contributed by atoms with E-state index in [-0.39, 0.29) is 24.0 Å². The van der Waals surface area contributed by atoms with Crippen molar-refractivity contribution in [3.63, 3.8) is 0 Å². The molecule has 122 valence electrons. The highest BCUT2D eigenvalue weighted by molar-refractivity contribution is 5.36. The molecule has 2 aromatic rings. The van der Waals surface area contributed by atoms with Gasteiger partial charge in [-0.1, -0.05) is 37.3 Å². The van der Waals surface area contributed by atoms with Crippen LogP contribution in [0.15, 0.2) is 48.5 Å². The van der Waals surface area contributed by atoms with Crippen molar-refractivity contribution in [3.8, 4) is 5.75 Å². The third-order valence-electron chi connectivity index (χ3n) is 3.74. The van der Waals surface area contributed by atoms with Gasteiger partial charge in [0.2, 0.25) is 0 Å². The van der Waals surface area contributed by atoms with Crippen LogP contribution in [0.4, 0.5) is 5.69 Å². The molecule has 0 bridgehead atoms. The van der Waals surface area contributed by atoms with Gasteiger partial charge in [-0.25, -0.2) is 0 Å². The maximum Gasteiger partial charge on any atom is 0.269 e. The van der Waals surface area contributed by atoms with Gasteiger partial charge in [0.25, 0.3) is 5.69 Å². The molecule has 0 aliphatic rings. The van der Waals surface area contributed by atoms with Crippen molar-refractivity contribution in [2.45, 2.75) is 25.5 Å². The molecule has 0 saturated heterocycles. The zero-order chi connectivity index (χ0) is 16.8. The first-order valence-electron chi connectivity index (χ1n) is 7.46. The fourth-order valence-electron chi connectivity index (χ4n) is 2.47. The second-order valence-electron chi connectivity index (χ2n) is 5.30. The van der Waals surface area contributed by atoms with Crippen molar-refractivity contribution in [3.05, 3.63) is 69.8 Å². The normalized spacial score (nSPS) is 13.5. The SMILES string of the molecule is CCC(NCC(O)c1cccc([N+](=O)[O-])c1)c1ccccc1O. The van der Waals surface area contributed by atoms with Crippen molar-refractivity contribution < 1.29 is 15.1 Å². The molecule has 0 spiro atoms. The number of aliphatic hydroxyl groups excluding tert-OH is 1. The summed E-state index contributed by atoms with van der Waals surface area (Å²) < 4.78 is 0. The quantitative estimate of drug-likeness (QED) is 0.539. The summed E-state index contributed by atoms with van der Waals surface area (Å²) in [5.74, 6) is 0.205. The smallest absolute Gasteiger partial charge is 0.269 e. The summed E-state index contributed by atoms with van der Waals surface area (Å²) in [5, 5.41) is 34.1. The van der Waals surface area contributed by atoms with Gasteiger partial charge in [-0.3, -0.25) is 10.1 Å². The number of hydrogen-bond acceptors (Lipinski definition) is 5. The molecule has 0 heterocycles. The number of aliphatic hydroxyl groups is 1. The maximum absolute atomic E-state index is 10.8. The lowest BCUT2D eigenvalue weighted by Gasteiger charge is -2.21. The molecule has 0 amide bonds. The Morgan fingerprint density at radius 1 is 1.22 bits per heavy atom. The summed E-state index contributed by atoms with van der Waals surface area (Å²) in [6, 6.07) is 12.9. The van der Waals surface area contributed by atoms with Crippen molar-refractivity contribution in [1.82, 2.24) is 5.32 Å². The van der Waals surface area contributed by atoms with E-state index in [4.69, 9.17) is 0 Å². The van der Waals surface area contributed by atoms with Gasteiger partial charge in [-0.05, 0) is 18.1 Å². The molecule has 0 aliphatic heterocycles. The lowest BCUT2D eigenvalue weighted by Crippen LogP contribution is -2.26. The summed E-state index contributed by atoms with van der Waals surface area (Å²) in [6.07, 6.45) is -0.131. The highest BCUT2D eigenvalue weighted by Crippen LogP contribution is 2.26. The zero-order valence-corrected chi connectivity index (χ0v) is 12.8. The highest BCUT2D eigenvalue weighted by atomic mass is 16.6. The number of para-hydroxylation sites is 1. The van der Waals surface area contributed by atoms with Crippen LogP contribution in [-0.4, -0.2) is 21.7 Å². The van der Waals surface area contributed by atoms with E-state index in [2.05, 4.69) is 5.32 Å². The molecule has 6 nitrogen and oxygen atoms in total. The Balaban J connectivity index is 2.05. The molecule has 0 fully saturated rings. The van der Waals surface area contributed by atoms with E-state index in [1.54, 1.807) is 24.3 Å². The number of benzene rings is 2. The van der Waals surface area contributed by atoms with Gasteiger partial charge < -0.3 is 15.5 Å². The minimum atomic E-state index is -0.866. The Hall–Kier alpha value is -2.44. The molecule has 3 N–H and O–H groups in total. The van der Waals surface area contributed by atoms with Crippen molar-refractivity contribution >= 4 is 5.69 Å². The van der Waals surface area contributed by atoms with Crippen LogP contribution in [0.25, 0.3) is 0 Å². The minimum absolute atomic E-state index is 0.0469. The van der Waals surface area contributed by atoms with E-state index < -0.39 is 11.0 Å². The number of aromatic hydroxyl groups is 1. The van der Waals surface area contributed by atoms with Crippen LogP contribution in [-0.2, 0) is 0 Å². The first-order valence-corrected chi connectivity index (χ1v) is 7.46. The van der Waals surface area contributed by atoms with Gasteiger partial charge in [0, 0.05) is 30.3 Å². The lowest BCUT2D eigenvalue weighted by atomic mass is 10.0. The molecule has 23 heavy (non-hydrogen) atoms.